The van der Waals surface area contributed by atoms with Gasteiger partial charge in [0.2, 0.25) is 0 Å². The smallest absolute Gasteiger partial charge is 0.326 e. The van der Waals surface area contributed by atoms with Crippen molar-refractivity contribution in [3.63, 3.8) is 0 Å². The number of aromatic amines is 1. The van der Waals surface area contributed by atoms with Gasteiger partial charge in [0.25, 0.3) is 0 Å². The zero-order valence-electron chi connectivity index (χ0n) is 10.6. The summed E-state index contributed by atoms with van der Waals surface area (Å²) in [6.45, 7) is 0.139. The van der Waals surface area contributed by atoms with Crippen molar-refractivity contribution in [3.05, 3.63) is 18.2 Å². The molecule has 9 heteroatoms. The molecule has 0 aliphatic heterocycles. The lowest BCUT2D eigenvalue weighted by Gasteiger charge is -2.14. The first-order valence-electron chi connectivity index (χ1n) is 5.96. The SMILES string of the molecule is O=C(O)CCC[C@@H](NC(=O)NCc1ncc[nH]1)C(=O)O. The predicted molar refractivity (Wildman–Crippen MR) is 66.9 cm³/mol. The van der Waals surface area contributed by atoms with Gasteiger partial charge in [-0.1, -0.05) is 0 Å². The molecule has 1 rings (SSSR count). The molecule has 0 saturated carbocycles. The molecule has 0 spiro atoms. The maximum Gasteiger partial charge on any atom is 0.326 e. The largest absolute Gasteiger partial charge is 0.481 e. The van der Waals surface area contributed by atoms with Gasteiger partial charge in [0.15, 0.2) is 0 Å². The molecule has 1 aromatic rings. The third-order valence-corrected chi connectivity index (χ3v) is 2.46. The van der Waals surface area contributed by atoms with Crippen LogP contribution in [-0.4, -0.2) is 44.2 Å². The monoisotopic (exact) mass is 284 g/mol. The number of carboxylic acids is 2. The van der Waals surface area contributed by atoms with Crippen LogP contribution in [0, 0.1) is 0 Å². The fourth-order valence-electron chi connectivity index (χ4n) is 1.48. The normalized spacial score (nSPS) is 11.6. The molecule has 0 bridgehead atoms. The highest BCUT2D eigenvalue weighted by molar-refractivity contribution is 5.82. The third kappa shape index (κ3) is 5.85. The summed E-state index contributed by atoms with van der Waals surface area (Å²) < 4.78 is 0. The van der Waals surface area contributed by atoms with Crippen LogP contribution in [0.25, 0.3) is 0 Å². The average Bonchev–Trinajstić information content (AvgIpc) is 2.87. The van der Waals surface area contributed by atoms with Gasteiger partial charge in [0.05, 0.1) is 6.54 Å². The van der Waals surface area contributed by atoms with Crippen molar-refractivity contribution in [1.82, 2.24) is 20.6 Å². The van der Waals surface area contributed by atoms with Crippen LogP contribution >= 0.6 is 0 Å². The Balaban J connectivity index is 2.34. The number of urea groups is 1. The summed E-state index contributed by atoms with van der Waals surface area (Å²) in [6.07, 6.45) is 3.21. The molecule has 0 unspecified atom stereocenters. The molecule has 110 valence electrons. The molecule has 1 aromatic heterocycles. The highest BCUT2D eigenvalue weighted by Gasteiger charge is 2.19. The fraction of sp³-hybridized carbons (Fsp3) is 0.455. The van der Waals surface area contributed by atoms with E-state index in [-0.39, 0.29) is 25.8 Å². The van der Waals surface area contributed by atoms with Gasteiger partial charge in [0.1, 0.15) is 11.9 Å². The summed E-state index contributed by atoms with van der Waals surface area (Å²) >= 11 is 0. The first-order chi connectivity index (χ1) is 9.49. The number of rotatable bonds is 8. The van der Waals surface area contributed by atoms with E-state index in [0.29, 0.717) is 5.82 Å². The molecule has 1 heterocycles. The van der Waals surface area contributed by atoms with Gasteiger partial charge >= 0.3 is 18.0 Å². The Labute approximate surface area is 114 Å². The lowest BCUT2D eigenvalue weighted by molar-refractivity contribution is -0.140. The maximum absolute atomic E-state index is 11.5. The number of carbonyl (C=O) groups excluding carboxylic acids is 1. The Hall–Kier alpha value is -2.58. The molecule has 0 aliphatic rings. The molecule has 1 atom stereocenters. The maximum atomic E-state index is 11.5. The van der Waals surface area contributed by atoms with Gasteiger partial charge in [0, 0.05) is 18.8 Å². The molecule has 0 aromatic carbocycles. The summed E-state index contributed by atoms with van der Waals surface area (Å²) in [5.41, 5.74) is 0. The molecule has 9 nitrogen and oxygen atoms in total. The van der Waals surface area contributed by atoms with Gasteiger partial charge in [-0.15, -0.1) is 0 Å². The van der Waals surface area contributed by atoms with Gasteiger partial charge < -0.3 is 25.8 Å². The first-order valence-corrected chi connectivity index (χ1v) is 5.96. The number of carbonyl (C=O) groups is 3. The van der Waals surface area contributed by atoms with Crippen molar-refractivity contribution >= 4 is 18.0 Å². The average molecular weight is 284 g/mol. The van der Waals surface area contributed by atoms with E-state index < -0.39 is 24.0 Å². The summed E-state index contributed by atoms with van der Waals surface area (Å²) in [4.78, 5) is 39.5. The molecular weight excluding hydrogens is 268 g/mol. The highest BCUT2D eigenvalue weighted by atomic mass is 16.4. The molecule has 0 saturated heterocycles. The van der Waals surface area contributed by atoms with Crippen molar-refractivity contribution in [2.75, 3.05) is 0 Å². The lowest BCUT2D eigenvalue weighted by atomic mass is 10.1. The van der Waals surface area contributed by atoms with E-state index >= 15 is 0 Å². The Morgan fingerprint density at radius 2 is 2.10 bits per heavy atom. The van der Waals surface area contributed by atoms with E-state index in [1.807, 2.05) is 0 Å². The van der Waals surface area contributed by atoms with Gasteiger partial charge in [-0.05, 0) is 12.8 Å². The topological polar surface area (TPSA) is 144 Å². The van der Waals surface area contributed by atoms with Crippen LogP contribution in [0.15, 0.2) is 12.4 Å². The first kappa shape index (κ1) is 15.5. The van der Waals surface area contributed by atoms with Crippen molar-refractivity contribution < 1.29 is 24.6 Å². The number of nitrogens with zero attached hydrogens (tertiary/aromatic N) is 1. The van der Waals surface area contributed by atoms with Crippen molar-refractivity contribution in [2.45, 2.75) is 31.8 Å². The van der Waals surface area contributed by atoms with Gasteiger partial charge in [-0.2, -0.15) is 0 Å². The number of hydrogen-bond acceptors (Lipinski definition) is 4. The highest BCUT2D eigenvalue weighted by Crippen LogP contribution is 2.01. The van der Waals surface area contributed by atoms with Crippen molar-refractivity contribution in [3.8, 4) is 0 Å². The molecule has 0 radical (unpaired) electrons. The minimum atomic E-state index is -1.21. The Bertz CT molecular complexity index is 459. The lowest BCUT2D eigenvalue weighted by Crippen LogP contribution is -2.45. The van der Waals surface area contributed by atoms with Gasteiger partial charge in [-0.3, -0.25) is 4.79 Å². The molecule has 0 fully saturated rings. The second-order valence-corrected chi connectivity index (χ2v) is 4.04. The van der Waals surface area contributed by atoms with Gasteiger partial charge in [-0.25, -0.2) is 14.6 Å². The van der Waals surface area contributed by atoms with E-state index in [9.17, 15) is 14.4 Å². The number of nitrogens with one attached hydrogen (secondary N) is 3. The van der Waals surface area contributed by atoms with Crippen LogP contribution in [0.3, 0.4) is 0 Å². The summed E-state index contributed by atoms with van der Waals surface area (Å²) in [7, 11) is 0. The fourth-order valence-corrected chi connectivity index (χ4v) is 1.48. The summed E-state index contributed by atoms with van der Waals surface area (Å²) in [5, 5.41) is 22.1. The van der Waals surface area contributed by atoms with E-state index in [0.717, 1.165) is 0 Å². The third-order valence-electron chi connectivity index (χ3n) is 2.46. The molecule has 0 aliphatic carbocycles. The van der Waals surface area contributed by atoms with Crippen LogP contribution in [0.4, 0.5) is 4.79 Å². The molecule has 2 amide bonds. The Morgan fingerprint density at radius 3 is 2.65 bits per heavy atom. The number of imidazole rings is 1. The Morgan fingerprint density at radius 1 is 1.35 bits per heavy atom. The number of hydrogen-bond donors (Lipinski definition) is 5. The van der Waals surface area contributed by atoms with E-state index in [4.69, 9.17) is 10.2 Å². The quantitative estimate of drug-likeness (QED) is 0.451. The zero-order valence-corrected chi connectivity index (χ0v) is 10.6. The van der Waals surface area contributed by atoms with Crippen molar-refractivity contribution in [2.24, 2.45) is 0 Å². The zero-order chi connectivity index (χ0) is 15.0. The van der Waals surface area contributed by atoms with Crippen molar-refractivity contribution in [1.29, 1.82) is 0 Å². The summed E-state index contributed by atoms with van der Waals surface area (Å²) in [6, 6.07) is -1.77. The molecule has 20 heavy (non-hydrogen) atoms. The Kier molecular flexibility index (Phi) is 6.01. The van der Waals surface area contributed by atoms with Crippen LogP contribution in [0.2, 0.25) is 0 Å². The predicted octanol–water partition coefficient (Wildman–Crippen LogP) is -0.0830. The second-order valence-electron chi connectivity index (χ2n) is 4.04. The molecular formula is C11H16N4O5. The minimum Gasteiger partial charge on any atom is -0.481 e. The van der Waals surface area contributed by atoms with Crippen LogP contribution in [-0.2, 0) is 16.1 Å². The second kappa shape index (κ2) is 7.77. The van der Waals surface area contributed by atoms with Crippen LogP contribution < -0.4 is 10.6 Å². The number of H-pyrrole nitrogens is 1. The molecule has 5 N–H and O–H groups in total. The van der Waals surface area contributed by atoms with E-state index in [1.165, 1.54) is 6.20 Å². The van der Waals surface area contributed by atoms with E-state index in [2.05, 4.69) is 20.6 Å². The minimum absolute atomic E-state index is 0.0514. The number of aliphatic carboxylic acids is 2. The number of carboxylic acid groups (broad SMARTS) is 2. The number of aromatic nitrogens is 2. The standard InChI is InChI=1S/C11H16N4O5/c16-9(17)3-1-2-7(10(18)19)15-11(20)14-6-8-12-4-5-13-8/h4-5,7H,1-3,6H2,(H,12,13)(H,16,17)(H,18,19)(H2,14,15,20)/t7-/m1/s1. The number of amides is 2. The van der Waals surface area contributed by atoms with Crippen LogP contribution in [0.5, 0.6) is 0 Å². The van der Waals surface area contributed by atoms with Crippen LogP contribution in [0.1, 0.15) is 25.1 Å². The van der Waals surface area contributed by atoms with E-state index in [1.54, 1.807) is 6.20 Å². The summed E-state index contributed by atoms with van der Waals surface area (Å²) in [5.74, 6) is -1.67.